The summed E-state index contributed by atoms with van der Waals surface area (Å²) in [5.74, 6) is 0. The molecule has 0 unspecified atom stereocenters. The third-order valence-corrected chi connectivity index (χ3v) is 3.06. The standard InChI is InChI=1S/C12H11BrF3N3/c1-7-11(6-19(2)18-7)17-10-4-3-8(13)5-9(10)12(14,15)16/h3-6,17H,1-2H3. The monoisotopic (exact) mass is 333 g/mol. The Morgan fingerprint density at radius 2 is 1.95 bits per heavy atom. The minimum atomic E-state index is -4.41. The van der Waals surface area contributed by atoms with Gasteiger partial charge in [0.25, 0.3) is 0 Å². The number of hydrogen-bond acceptors (Lipinski definition) is 2. The Labute approximate surface area is 116 Å². The minimum absolute atomic E-state index is 0.00630. The summed E-state index contributed by atoms with van der Waals surface area (Å²) in [7, 11) is 1.71. The molecule has 0 radical (unpaired) electrons. The second-order valence-corrected chi connectivity index (χ2v) is 5.03. The molecule has 19 heavy (non-hydrogen) atoms. The molecule has 0 fully saturated rings. The van der Waals surface area contributed by atoms with E-state index in [-0.39, 0.29) is 5.69 Å². The fraction of sp³-hybridized carbons (Fsp3) is 0.250. The molecule has 0 aliphatic carbocycles. The van der Waals surface area contributed by atoms with E-state index in [1.165, 1.54) is 6.07 Å². The van der Waals surface area contributed by atoms with Gasteiger partial charge in [-0.2, -0.15) is 18.3 Å². The van der Waals surface area contributed by atoms with Gasteiger partial charge in [-0.15, -0.1) is 0 Å². The Bertz CT molecular complexity index is 605. The van der Waals surface area contributed by atoms with Crippen molar-refractivity contribution in [2.45, 2.75) is 13.1 Å². The topological polar surface area (TPSA) is 29.9 Å². The smallest absolute Gasteiger partial charge is 0.352 e. The van der Waals surface area contributed by atoms with Crippen LogP contribution in [0.25, 0.3) is 0 Å². The summed E-state index contributed by atoms with van der Waals surface area (Å²) in [6.07, 6.45) is -2.78. The van der Waals surface area contributed by atoms with E-state index >= 15 is 0 Å². The lowest BCUT2D eigenvalue weighted by molar-refractivity contribution is -0.137. The first-order valence-electron chi connectivity index (χ1n) is 5.41. The first-order chi connectivity index (χ1) is 8.77. The van der Waals surface area contributed by atoms with Gasteiger partial charge in [-0.3, -0.25) is 4.68 Å². The molecule has 1 heterocycles. The normalized spacial score (nSPS) is 11.7. The first-order valence-corrected chi connectivity index (χ1v) is 6.20. The lowest BCUT2D eigenvalue weighted by atomic mass is 10.1. The van der Waals surface area contributed by atoms with E-state index in [9.17, 15) is 13.2 Å². The van der Waals surface area contributed by atoms with E-state index in [4.69, 9.17) is 0 Å². The quantitative estimate of drug-likeness (QED) is 0.890. The van der Waals surface area contributed by atoms with Crippen molar-refractivity contribution in [1.29, 1.82) is 0 Å². The van der Waals surface area contributed by atoms with Gasteiger partial charge in [-0.05, 0) is 25.1 Å². The Hall–Kier alpha value is -1.50. The fourth-order valence-electron chi connectivity index (χ4n) is 1.73. The van der Waals surface area contributed by atoms with Crippen LogP contribution in [0.5, 0.6) is 0 Å². The van der Waals surface area contributed by atoms with Crippen molar-refractivity contribution >= 4 is 27.3 Å². The number of halogens is 4. The van der Waals surface area contributed by atoms with Crippen LogP contribution in [0.4, 0.5) is 24.5 Å². The molecular formula is C12H11BrF3N3. The molecule has 3 nitrogen and oxygen atoms in total. The van der Waals surface area contributed by atoms with Crippen LogP contribution in [0, 0.1) is 6.92 Å². The second kappa shape index (κ2) is 4.88. The van der Waals surface area contributed by atoms with Crippen LogP contribution in [0.1, 0.15) is 11.3 Å². The molecule has 7 heteroatoms. The maximum absolute atomic E-state index is 13.0. The highest BCUT2D eigenvalue weighted by Gasteiger charge is 2.33. The highest BCUT2D eigenvalue weighted by molar-refractivity contribution is 9.10. The fourth-order valence-corrected chi connectivity index (χ4v) is 2.09. The molecule has 0 aliphatic heterocycles. The number of alkyl halides is 3. The molecule has 0 saturated heterocycles. The summed E-state index contributed by atoms with van der Waals surface area (Å²) in [6, 6.07) is 4.00. The predicted molar refractivity (Wildman–Crippen MR) is 70.4 cm³/mol. The maximum Gasteiger partial charge on any atom is 0.418 e. The molecule has 1 aromatic carbocycles. The summed E-state index contributed by atoms with van der Waals surface area (Å²) < 4.78 is 40.8. The van der Waals surface area contributed by atoms with Crippen molar-refractivity contribution in [1.82, 2.24) is 9.78 Å². The van der Waals surface area contributed by atoms with Crippen molar-refractivity contribution < 1.29 is 13.2 Å². The van der Waals surface area contributed by atoms with Gasteiger partial charge >= 0.3 is 6.18 Å². The molecule has 1 aromatic heterocycles. The molecule has 0 aliphatic rings. The van der Waals surface area contributed by atoms with E-state index in [0.29, 0.717) is 15.9 Å². The van der Waals surface area contributed by atoms with Crippen LogP contribution in [0.3, 0.4) is 0 Å². The van der Waals surface area contributed by atoms with Crippen LogP contribution in [0.15, 0.2) is 28.9 Å². The molecule has 0 bridgehead atoms. The minimum Gasteiger partial charge on any atom is -0.352 e. The third-order valence-electron chi connectivity index (χ3n) is 2.57. The number of anilines is 2. The Kier molecular flexibility index (Phi) is 3.58. The number of rotatable bonds is 2. The number of nitrogens with zero attached hydrogens (tertiary/aromatic N) is 2. The molecule has 1 N–H and O–H groups in total. The summed E-state index contributed by atoms with van der Waals surface area (Å²) >= 11 is 3.05. The van der Waals surface area contributed by atoms with E-state index in [1.807, 2.05) is 0 Å². The number of aryl methyl sites for hydroxylation is 2. The second-order valence-electron chi connectivity index (χ2n) is 4.11. The van der Waals surface area contributed by atoms with Crippen LogP contribution in [-0.4, -0.2) is 9.78 Å². The first kappa shape index (κ1) is 13.9. The number of benzene rings is 1. The average molecular weight is 334 g/mol. The van der Waals surface area contributed by atoms with Crippen LogP contribution in [0.2, 0.25) is 0 Å². The van der Waals surface area contributed by atoms with Crippen molar-refractivity contribution in [2.75, 3.05) is 5.32 Å². The molecule has 2 rings (SSSR count). The lowest BCUT2D eigenvalue weighted by Crippen LogP contribution is -2.09. The molecule has 102 valence electrons. The van der Waals surface area contributed by atoms with Crippen molar-refractivity contribution in [3.63, 3.8) is 0 Å². The van der Waals surface area contributed by atoms with Gasteiger partial charge in [0.1, 0.15) is 0 Å². The zero-order chi connectivity index (χ0) is 14.2. The summed E-state index contributed by atoms with van der Waals surface area (Å²) in [5.41, 5.74) is 0.478. The summed E-state index contributed by atoms with van der Waals surface area (Å²) in [5, 5.41) is 6.85. The molecule has 0 atom stereocenters. The zero-order valence-electron chi connectivity index (χ0n) is 10.2. The molecule has 0 amide bonds. The van der Waals surface area contributed by atoms with E-state index in [2.05, 4.69) is 26.3 Å². The number of nitrogens with one attached hydrogen (secondary N) is 1. The molecule has 2 aromatic rings. The van der Waals surface area contributed by atoms with Crippen molar-refractivity contribution in [3.05, 3.63) is 40.1 Å². The Morgan fingerprint density at radius 3 is 2.47 bits per heavy atom. The maximum atomic E-state index is 13.0. The zero-order valence-corrected chi connectivity index (χ0v) is 11.8. The molecule has 0 saturated carbocycles. The van der Waals surface area contributed by atoms with Crippen molar-refractivity contribution in [2.24, 2.45) is 7.05 Å². The van der Waals surface area contributed by atoms with Crippen LogP contribution in [-0.2, 0) is 13.2 Å². The van der Waals surface area contributed by atoms with Gasteiger partial charge < -0.3 is 5.32 Å². The highest BCUT2D eigenvalue weighted by Crippen LogP contribution is 2.37. The van der Waals surface area contributed by atoms with Gasteiger partial charge in [-0.25, -0.2) is 0 Å². The third kappa shape index (κ3) is 3.09. The van der Waals surface area contributed by atoms with Crippen LogP contribution < -0.4 is 5.32 Å². The molecule has 0 spiro atoms. The SMILES string of the molecule is Cc1nn(C)cc1Nc1ccc(Br)cc1C(F)(F)F. The van der Waals surface area contributed by atoms with Gasteiger partial charge in [0.2, 0.25) is 0 Å². The Morgan fingerprint density at radius 1 is 1.26 bits per heavy atom. The van der Waals surface area contributed by atoms with Gasteiger partial charge in [0.05, 0.1) is 22.6 Å². The van der Waals surface area contributed by atoms with E-state index < -0.39 is 11.7 Å². The van der Waals surface area contributed by atoms with Gasteiger partial charge in [-0.1, -0.05) is 15.9 Å². The number of aromatic nitrogens is 2. The lowest BCUT2D eigenvalue weighted by Gasteiger charge is -2.14. The van der Waals surface area contributed by atoms with Gasteiger partial charge in [0, 0.05) is 17.7 Å². The largest absolute Gasteiger partial charge is 0.418 e. The summed E-state index contributed by atoms with van der Waals surface area (Å²) in [6.45, 7) is 1.73. The Balaban J connectivity index is 2.43. The highest BCUT2D eigenvalue weighted by atomic mass is 79.9. The molecular weight excluding hydrogens is 323 g/mol. The van der Waals surface area contributed by atoms with Crippen molar-refractivity contribution in [3.8, 4) is 0 Å². The van der Waals surface area contributed by atoms with Crippen LogP contribution >= 0.6 is 15.9 Å². The summed E-state index contributed by atoms with van der Waals surface area (Å²) in [4.78, 5) is 0. The van der Waals surface area contributed by atoms with E-state index in [1.54, 1.807) is 30.9 Å². The predicted octanol–water partition coefficient (Wildman–Crippen LogP) is 4.25. The van der Waals surface area contributed by atoms with Gasteiger partial charge in [0.15, 0.2) is 0 Å². The number of hydrogen-bond donors (Lipinski definition) is 1. The van der Waals surface area contributed by atoms with E-state index in [0.717, 1.165) is 6.07 Å². The average Bonchev–Trinajstić information content (AvgIpc) is 2.58.